The van der Waals surface area contributed by atoms with E-state index in [2.05, 4.69) is 25.5 Å². The Hall–Kier alpha value is -4.15. The molecule has 1 unspecified atom stereocenters. The van der Waals surface area contributed by atoms with E-state index in [1.807, 2.05) is 35.2 Å². The molecule has 2 N–H and O–H groups in total. The molecule has 5 rings (SSSR count). The highest BCUT2D eigenvalue weighted by Gasteiger charge is 2.33. The minimum atomic E-state index is -0.244. The molecular weight excluding hydrogens is 496 g/mol. The van der Waals surface area contributed by atoms with Crippen LogP contribution in [0, 0.1) is 0 Å². The van der Waals surface area contributed by atoms with Gasteiger partial charge in [-0.1, -0.05) is 31.4 Å². The lowest BCUT2D eigenvalue weighted by atomic mass is 9.96. The van der Waals surface area contributed by atoms with Gasteiger partial charge in [0.2, 0.25) is 11.9 Å². The van der Waals surface area contributed by atoms with Crippen LogP contribution in [0.2, 0.25) is 0 Å². The highest BCUT2D eigenvalue weighted by Crippen LogP contribution is 2.23. The van der Waals surface area contributed by atoms with Crippen molar-refractivity contribution in [2.24, 2.45) is 0 Å². The van der Waals surface area contributed by atoms with Gasteiger partial charge in [0.1, 0.15) is 17.9 Å². The molecule has 1 aliphatic heterocycles. The molecule has 1 aliphatic carbocycles. The topological polar surface area (TPSA) is 118 Å². The molecule has 1 aromatic carbocycles. The minimum absolute atomic E-state index is 0.0508. The zero-order valence-electron chi connectivity index (χ0n) is 22.3. The van der Waals surface area contributed by atoms with Crippen LogP contribution >= 0.6 is 0 Å². The summed E-state index contributed by atoms with van der Waals surface area (Å²) in [6.45, 7) is 1.93. The number of urea groups is 1. The quantitative estimate of drug-likeness (QED) is 0.458. The van der Waals surface area contributed by atoms with Crippen LogP contribution in [0.5, 0.6) is 5.75 Å². The molecule has 2 fully saturated rings. The average Bonchev–Trinajstić information content (AvgIpc) is 3.52. The Morgan fingerprint density at radius 1 is 1.10 bits per heavy atom. The summed E-state index contributed by atoms with van der Waals surface area (Å²) in [6, 6.07) is 9.41. The lowest BCUT2D eigenvalue weighted by molar-refractivity contribution is -0.121. The average molecular weight is 533 g/mol. The zero-order valence-corrected chi connectivity index (χ0v) is 22.3. The van der Waals surface area contributed by atoms with E-state index < -0.39 is 0 Å². The van der Waals surface area contributed by atoms with E-state index in [0.29, 0.717) is 37.9 Å². The fourth-order valence-corrected chi connectivity index (χ4v) is 5.30. The Morgan fingerprint density at radius 3 is 2.77 bits per heavy atom. The molecule has 2 aliphatic rings. The Labute approximate surface area is 228 Å². The number of carbonyl (C=O) groups excluding carboxylic acids is 2. The van der Waals surface area contributed by atoms with Gasteiger partial charge in [0.15, 0.2) is 0 Å². The standard InChI is InChI=1S/C28H36N8O3/c1-39-24-9-5-6-21(16-24)18-31-26(37)17-23-19-34(28(38)32-22-7-3-2-4-8-22)14-15-36(23)25-10-11-30-27(33-25)35-13-12-29-20-35/h5-6,9-13,16,20,22-23H,2-4,7-8,14-15,17-19H2,1H3,(H,31,37)(H,32,38). The molecule has 0 spiro atoms. The predicted octanol–water partition coefficient (Wildman–Crippen LogP) is 2.91. The number of hydrogen-bond acceptors (Lipinski definition) is 7. The maximum absolute atomic E-state index is 13.2. The first kappa shape index (κ1) is 26.5. The third-order valence-electron chi connectivity index (χ3n) is 7.41. The van der Waals surface area contributed by atoms with Crippen LogP contribution in [0.3, 0.4) is 0 Å². The van der Waals surface area contributed by atoms with Gasteiger partial charge in [0.05, 0.1) is 13.2 Å². The SMILES string of the molecule is COc1cccc(CNC(=O)CC2CN(C(=O)NC3CCCCC3)CCN2c2ccnc(-n3ccnc3)n2)c1. The van der Waals surface area contributed by atoms with E-state index in [4.69, 9.17) is 9.72 Å². The summed E-state index contributed by atoms with van der Waals surface area (Å²) in [6.07, 6.45) is 12.6. The second-order valence-corrected chi connectivity index (χ2v) is 10.1. The number of nitrogens with one attached hydrogen (secondary N) is 2. The Bertz CT molecular complexity index is 1250. The highest BCUT2D eigenvalue weighted by molar-refractivity contribution is 5.78. The number of imidazole rings is 1. The van der Waals surface area contributed by atoms with Gasteiger partial charge in [-0.05, 0) is 36.6 Å². The zero-order chi connectivity index (χ0) is 27.0. The second kappa shape index (κ2) is 12.6. The van der Waals surface area contributed by atoms with Gasteiger partial charge in [0.25, 0.3) is 0 Å². The molecule has 3 aromatic rings. The molecule has 11 heteroatoms. The van der Waals surface area contributed by atoms with Gasteiger partial charge < -0.3 is 25.2 Å². The number of amides is 3. The van der Waals surface area contributed by atoms with E-state index >= 15 is 0 Å². The van der Waals surface area contributed by atoms with Crippen molar-refractivity contribution in [2.75, 3.05) is 31.6 Å². The van der Waals surface area contributed by atoms with Crippen molar-refractivity contribution in [3.63, 3.8) is 0 Å². The van der Waals surface area contributed by atoms with Crippen LogP contribution in [0.15, 0.2) is 55.2 Å². The molecule has 1 saturated carbocycles. The third kappa shape index (κ3) is 6.84. The van der Waals surface area contributed by atoms with Crippen molar-refractivity contribution in [3.05, 3.63) is 60.8 Å². The van der Waals surface area contributed by atoms with Crippen LogP contribution in [0.25, 0.3) is 5.95 Å². The van der Waals surface area contributed by atoms with Crippen molar-refractivity contribution in [1.29, 1.82) is 0 Å². The Balaban J connectivity index is 1.29. The largest absolute Gasteiger partial charge is 0.497 e. The van der Waals surface area contributed by atoms with Crippen LogP contribution in [0.1, 0.15) is 44.1 Å². The van der Waals surface area contributed by atoms with Gasteiger partial charge >= 0.3 is 6.03 Å². The number of rotatable bonds is 8. The van der Waals surface area contributed by atoms with Crippen LogP contribution in [0.4, 0.5) is 10.6 Å². The Kier molecular flexibility index (Phi) is 8.55. The van der Waals surface area contributed by atoms with E-state index in [1.165, 1.54) is 6.42 Å². The number of nitrogens with zero attached hydrogens (tertiary/aromatic N) is 6. The number of ether oxygens (including phenoxy) is 1. The number of anilines is 1. The third-order valence-corrected chi connectivity index (χ3v) is 7.41. The number of carbonyl (C=O) groups is 2. The maximum Gasteiger partial charge on any atom is 0.317 e. The maximum atomic E-state index is 13.2. The molecule has 11 nitrogen and oxygen atoms in total. The molecule has 3 heterocycles. The lowest BCUT2D eigenvalue weighted by Gasteiger charge is -2.42. The molecule has 2 aromatic heterocycles. The van der Waals surface area contributed by atoms with E-state index in [0.717, 1.165) is 37.0 Å². The summed E-state index contributed by atoms with van der Waals surface area (Å²) >= 11 is 0. The van der Waals surface area contributed by atoms with E-state index in [-0.39, 0.29) is 30.4 Å². The number of aromatic nitrogens is 4. The molecule has 39 heavy (non-hydrogen) atoms. The van der Waals surface area contributed by atoms with Crippen LogP contribution in [-0.2, 0) is 11.3 Å². The summed E-state index contributed by atoms with van der Waals surface area (Å²) in [5.41, 5.74) is 0.956. The van der Waals surface area contributed by atoms with Crippen molar-refractivity contribution in [1.82, 2.24) is 35.1 Å². The predicted molar refractivity (Wildman–Crippen MR) is 147 cm³/mol. The normalized spacial score (nSPS) is 18.0. The van der Waals surface area contributed by atoms with Gasteiger partial charge in [-0.15, -0.1) is 0 Å². The summed E-state index contributed by atoms with van der Waals surface area (Å²) in [7, 11) is 1.62. The van der Waals surface area contributed by atoms with Gasteiger partial charge in [-0.2, -0.15) is 4.98 Å². The summed E-state index contributed by atoms with van der Waals surface area (Å²) < 4.78 is 7.03. The molecular formula is C28H36N8O3. The molecule has 206 valence electrons. The molecule has 1 atom stereocenters. The first-order valence-electron chi connectivity index (χ1n) is 13.6. The van der Waals surface area contributed by atoms with Gasteiger partial charge in [-0.25, -0.2) is 14.8 Å². The second-order valence-electron chi connectivity index (χ2n) is 10.1. The number of hydrogen-bond donors (Lipinski definition) is 2. The lowest BCUT2D eigenvalue weighted by Crippen LogP contribution is -2.59. The summed E-state index contributed by atoms with van der Waals surface area (Å²) in [5.74, 6) is 1.87. The van der Waals surface area contributed by atoms with Crippen LogP contribution < -0.4 is 20.3 Å². The van der Waals surface area contributed by atoms with Gasteiger partial charge in [-0.3, -0.25) is 9.36 Å². The molecule has 0 bridgehead atoms. The van der Waals surface area contributed by atoms with Crippen LogP contribution in [-0.4, -0.2) is 75.2 Å². The molecule has 1 saturated heterocycles. The fourth-order valence-electron chi connectivity index (χ4n) is 5.30. The molecule has 0 radical (unpaired) electrons. The van der Waals surface area contributed by atoms with Crippen molar-refractivity contribution >= 4 is 17.8 Å². The van der Waals surface area contributed by atoms with Crippen molar-refractivity contribution in [2.45, 2.75) is 57.2 Å². The van der Waals surface area contributed by atoms with Crippen molar-refractivity contribution < 1.29 is 14.3 Å². The van der Waals surface area contributed by atoms with E-state index in [9.17, 15) is 9.59 Å². The van der Waals surface area contributed by atoms with Crippen molar-refractivity contribution in [3.8, 4) is 11.7 Å². The minimum Gasteiger partial charge on any atom is -0.497 e. The summed E-state index contributed by atoms with van der Waals surface area (Å²) in [5, 5.41) is 6.25. The number of methoxy groups -OCH3 is 1. The molecule has 3 amide bonds. The summed E-state index contributed by atoms with van der Waals surface area (Å²) in [4.78, 5) is 43.4. The number of benzene rings is 1. The van der Waals surface area contributed by atoms with E-state index in [1.54, 1.807) is 36.6 Å². The Morgan fingerprint density at radius 2 is 1.97 bits per heavy atom. The monoisotopic (exact) mass is 532 g/mol. The first-order chi connectivity index (χ1) is 19.1. The number of piperazine rings is 1. The fraction of sp³-hybridized carbons (Fsp3) is 0.464. The van der Waals surface area contributed by atoms with Gasteiger partial charge in [0, 0.05) is 57.2 Å². The first-order valence-corrected chi connectivity index (χ1v) is 13.6. The highest BCUT2D eigenvalue weighted by atomic mass is 16.5. The smallest absolute Gasteiger partial charge is 0.317 e.